The van der Waals surface area contributed by atoms with Crippen LogP contribution in [0.15, 0.2) is 71.2 Å². The fourth-order valence-corrected chi connectivity index (χ4v) is 5.62. The Morgan fingerprint density at radius 2 is 1.82 bits per heavy atom. The first-order chi connectivity index (χ1) is 19.1. The van der Waals surface area contributed by atoms with Gasteiger partial charge in [-0.15, -0.1) is 21.5 Å². The number of nitrogens with one attached hydrogen (secondary N) is 1. The van der Waals surface area contributed by atoms with E-state index < -0.39 is 0 Å². The third-order valence-corrected chi connectivity index (χ3v) is 7.59. The first-order valence-corrected chi connectivity index (χ1v) is 14.3. The summed E-state index contributed by atoms with van der Waals surface area (Å²) in [4.78, 5) is 33.5. The van der Waals surface area contributed by atoms with Gasteiger partial charge in [0.05, 0.1) is 35.7 Å². The van der Waals surface area contributed by atoms with E-state index >= 15 is 0 Å². The molecule has 0 radical (unpaired) electrons. The molecule has 2 aromatic carbocycles. The van der Waals surface area contributed by atoms with Crippen molar-refractivity contribution in [2.24, 2.45) is 0 Å². The molecule has 3 aromatic heterocycles. The highest BCUT2D eigenvalue weighted by molar-refractivity contribution is 7.99. The molecule has 0 aliphatic carbocycles. The van der Waals surface area contributed by atoms with Crippen LogP contribution in [0.5, 0.6) is 0 Å². The van der Waals surface area contributed by atoms with E-state index in [0.29, 0.717) is 29.1 Å². The molecule has 0 aliphatic heterocycles. The highest BCUT2D eigenvalue weighted by Gasteiger charge is 2.19. The number of esters is 1. The molecule has 0 aliphatic rings. The Bertz CT molecular complexity index is 1620. The molecule has 5 aromatic rings. The minimum atomic E-state index is -0.344. The number of carbonyl (C=O) groups is 2. The third-order valence-electron chi connectivity index (χ3n) is 5.82. The Hall–Kier alpha value is -4.09. The van der Waals surface area contributed by atoms with Crippen LogP contribution in [0, 0.1) is 0 Å². The molecule has 9 nitrogen and oxygen atoms in total. The van der Waals surface area contributed by atoms with Gasteiger partial charge in [-0.05, 0) is 26.0 Å². The number of hydrogen-bond donors (Lipinski definition) is 1. The average molecular weight is 559 g/mol. The summed E-state index contributed by atoms with van der Waals surface area (Å²) in [5, 5.41) is 15.5. The van der Waals surface area contributed by atoms with Gasteiger partial charge in [0.2, 0.25) is 5.91 Å². The van der Waals surface area contributed by atoms with E-state index in [2.05, 4.69) is 20.5 Å². The summed E-state index contributed by atoms with van der Waals surface area (Å²) in [5.74, 6) is 0.297. The highest BCUT2D eigenvalue weighted by Crippen LogP contribution is 2.33. The minimum absolute atomic E-state index is 0.0764. The van der Waals surface area contributed by atoms with Gasteiger partial charge in [-0.3, -0.25) is 9.59 Å². The van der Waals surface area contributed by atoms with Crippen LogP contribution in [0.25, 0.3) is 33.5 Å². The maximum Gasteiger partial charge on any atom is 0.311 e. The Balaban J connectivity index is 1.34. The van der Waals surface area contributed by atoms with Crippen LogP contribution in [0.2, 0.25) is 0 Å². The number of ether oxygens (including phenoxy) is 1. The van der Waals surface area contributed by atoms with Crippen LogP contribution < -0.4 is 5.32 Å². The number of benzene rings is 2. The van der Waals surface area contributed by atoms with Gasteiger partial charge in [0.1, 0.15) is 0 Å². The minimum Gasteiger partial charge on any atom is -0.466 e. The monoisotopic (exact) mass is 558 g/mol. The van der Waals surface area contributed by atoms with Crippen molar-refractivity contribution < 1.29 is 14.3 Å². The van der Waals surface area contributed by atoms with Crippen molar-refractivity contribution in [3.8, 4) is 22.6 Å². The summed E-state index contributed by atoms with van der Waals surface area (Å²) in [6.07, 6.45) is 0.0764. The van der Waals surface area contributed by atoms with Crippen molar-refractivity contribution in [3.63, 3.8) is 0 Å². The second kappa shape index (κ2) is 12.2. The lowest BCUT2D eigenvalue weighted by molar-refractivity contribution is -0.142. The number of aromatic nitrogens is 5. The van der Waals surface area contributed by atoms with Gasteiger partial charge in [0.25, 0.3) is 0 Å². The molecule has 0 atom stereocenters. The molecule has 39 heavy (non-hydrogen) atoms. The zero-order valence-corrected chi connectivity index (χ0v) is 23.1. The lowest BCUT2D eigenvalue weighted by Crippen LogP contribution is -2.15. The van der Waals surface area contributed by atoms with Crippen molar-refractivity contribution in [1.82, 2.24) is 24.7 Å². The SMILES string of the molecule is CCOC(=O)Cc1csc(NC(=O)CSc2nnc(-c3cc(-c4ccccc4)nc4ccccc34)n2CC)n1. The molecule has 5 rings (SSSR count). The van der Waals surface area contributed by atoms with E-state index in [1.165, 1.54) is 23.1 Å². The van der Waals surface area contributed by atoms with Gasteiger partial charge in [-0.25, -0.2) is 9.97 Å². The van der Waals surface area contributed by atoms with Crippen molar-refractivity contribution in [2.45, 2.75) is 32.0 Å². The summed E-state index contributed by atoms with van der Waals surface area (Å²) >= 11 is 2.58. The van der Waals surface area contributed by atoms with E-state index in [1.54, 1.807) is 12.3 Å². The summed E-state index contributed by atoms with van der Waals surface area (Å²) < 4.78 is 6.96. The topological polar surface area (TPSA) is 112 Å². The number of thioether (sulfide) groups is 1. The number of rotatable bonds is 10. The van der Waals surface area contributed by atoms with E-state index in [4.69, 9.17) is 9.72 Å². The molecule has 1 amide bonds. The Labute approximate surface area is 233 Å². The summed E-state index contributed by atoms with van der Waals surface area (Å²) in [5.41, 5.74) is 4.25. The van der Waals surface area contributed by atoms with Crippen LogP contribution >= 0.6 is 23.1 Å². The molecule has 0 saturated heterocycles. The number of hydrogen-bond acceptors (Lipinski definition) is 9. The Morgan fingerprint density at radius 3 is 2.62 bits per heavy atom. The van der Waals surface area contributed by atoms with Gasteiger partial charge >= 0.3 is 5.97 Å². The second-order valence-electron chi connectivity index (χ2n) is 8.45. The summed E-state index contributed by atoms with van der Waals surface area (Å²) in [6.45, 7) is 4.73. The van der Waals surface area contributed by atoms with Crippen LogP contribution in [0.4, 0.5) is 5.13 Å². The molecular formula is C28H26N6O3S2. The number of carbonyl (C=O) groups excluding carboxylic acids is 2. The first-order valence-electron chi connectivity index (χ1n) is 12.5. The lowest BCUT2D eigenvalue weighted by Gasteiger charge is -2.11. The van der Waals surface area contributed by atoms with E-state index in [1.807, 2.05) is 72.2 Å². The molecular weight excluding hydrogens is 532 g/mol. The van der Waals surface area contributed by atoms with Crippen LogP contribution in [-0.2, 0) is 27.3 Å². The maximum atomic E-state index is 12.6. The standard InChI is InChI=1S/C28H26N6O3S2/c1-3-34-26(21-15-23(18-10-6-5-7-11-18)30-22-13-9-8-12-20(21)22)32-33-28(34)39-17-24(35)31-27-29-19(16-38-27)14-25(36)37-4-2/h5-13,15-16H,3-4,14,17H2,1-2H3,(H,29,31,35). The molecule has 0 fully saturated rings. The summed E-state index contributed by atoms with van der Waals surface area (Å²) in [7, 11) is 0. The van der Waals surface area contributed by atoms with Gasteiger partial charge in [0, 0.05) is 28.4 Å². The zero-order valence-electron chi connectivity index (χ0n) is 21.5. The normalized spacial score (nSPS) is 11.0. The number of para-hydroxylation sites is 1. The number of anilines is 1. The molecule has 11 heteroatoms. The predicted molar refractivity (Wildman–Crippen MR) is 154 cm³/mol. The number of pyridine rings is 1. The van der Waals surface area contributed by atoms with Crippen molar-refractivity contribution in [3.05, 3.63) is 71.7 Å². The second-order valence-corrected chi connectivity index (χ2v) is 10.3. The highest BCUT2D eigenvalue weighted by atomic mass is 32.2. The van der Waals surface area contributed by atoms with E-state index in [9.17, 15) is 9.59 Å². The third kappa shape index (κ3) is 6.15. The van der Waals surface area contributed by atoms with Gasteiger partial charge < -0.3 is 14.6 Å². The van der Waals surface area contributed by atoms with Crippen molar-refractivity contribution >= 4 is 51.0 Å². The molecule has 3 heterocycles. The lowest BCUT2D eigenvalue weighted by atomic mass is 10.0. The van der Waals surface area contributed by atoms with Crippen LogP contribution in [0.1, 0.15) is 19.5 Å². The first kappa shape index (κ1) is 26.5. The Morgan fingerprint density at radius 1 is 1.03 bits per heavy atom. The summed E-state index contributed by atoms with van der Waals surface area (Å²) in [6, 6.07) is 20.1. The zero-order chi connectivity index (χ0) is 27.2. The predicted octanol–water partition coefficient (Wildman–Crippen LogP) is 5.47. The molecule has 0 saturated carbocycles. The average Bonchev–Trinajstić information content (AvgIpc) is 3.57. The Kier molecular flexibility index (Phi) is 8.28. The van der Waals surface area contributed by atoms with E-state index in [0.717, 1.165) is 33.5 Å². The molecule has 198 valence electrons. The largest absolute Gasteiger partial charge is 0.466 e. The van der Waals surface area contributed by atoms with Crippen LogP contribution in [-0.4, -0.2) is 49.0 Å². The fourth-order valence-electron chi connectivity index (χ4n) is 4.09. The number of thiazole rings is 1. The smallest absolute Gasteiger partial charge is 0.311 e. The molecule has 1 N–H and O–H groups in total. The van der Waals surface area contributed by atoms with Gasteiger partial charge in [-0.1, -0.05) is 60.3 Å². The fraction of sp³-hybridized carbons (Fsp3) is 0.214. The van der Waals surface area contributed by atoms with Gasteiger partial charge in [0.15, 0.2) is 16.1 Å². The number of nitrogens with zero attached hydrogens (tertiary/aromatic N) is 5. The molecule has 0 bridgehead atoms. The van der Waals surface area contributed by atoms with Crippen molar-refractivity contribution in [1.29, 1.82) is 0 Å². The molecule has 0 spiro atoms. The molecule has 0 unspecified atom stereocenters. The van der Waals surface area contributed by atoms with E-state index in [-0.39, 0.29) is 24.1 Å². The van der Waals surface area contributed by atoms with Crippen LogP contribution in [0.3, 0.4) is 0 Å². The van der Waals surface area contributed by atoms with Crippen molar-refractivity contribution in [2.75, 3.05) is 17.7 Å². The van der Waals surface area contributed by atoms with Gasteiger partial charge in [-0.2, -0.15) is 0 Å². The quantitative estimate of drug-likeness (QED) is 0.177. The number of amides is 1. The number of fused-ring (bicyclic) bond motifs is 1. The maximum absolute atomic E-state index is 12.6.